The van der Waals surface area contributed by atoms with Crippen molar-refractivity contribution in [1.29, 1.82) is 0 Å². The Hall–Kier alpha value is -2.03. The summed E-state index contributed by atoms with van der Waals surface area (Å²) in [6.45, 7) is 0. The highest BCUT2D eigenvalue weighted by Gasteiger charge is 1.92. The molecule has 1 heterocycles. The molecule has 1 aromatic heterocycles. The Morgan fingerprint density at radius 1 is 1.00 bits per heavy atom. The predicted octanol–water partition coefficient (Wildman–Crippen LogP) is 2.12. The molecule has 0 unspecified atom stereocenters. The van der Waals surface area contributed by atoms with Crippen LogP contribution in [0.2, 0.25) is 0 Å². The van der Waals surface area contributed by atoms with E-state index >= 15 is 0 Å². The normalized spacial score (nSPS) is 9.71. The monoisotopic (exact) mass is 186 g/mol. The van der Waals surface area contributed by atoms with Gasteiger partial charge in [-0.25, -0.2) is 0 Å². The highest BCUT2D eigenvalue weighted by Crippen LogP contribution is 2.12. The van der Waals surface area contributed by atoms with Crippen LogP contribution in [0.15, 0.2) is 53.5 Å². The van der Waals surface area contributed by atoms with Crippen molar-refractivity contribution in [2.24, 2.45) is 0 Å². The fraction of sp³-hybridized carbons (Fsp3) is 0. The Bertz CT molecular complexity index is 462. The lowest BCUT2D eigenvalue weighted by atomic mass is 10.3. The summed E-state index contributed by atoms with van der Waals surface area (Å²) < 4.78 is 0. The number of anilines is 2. The van der Waals surface area contributed by atoms with Gasteiger partial charge in [0.2, 0.25) is 5.56 Å². The van der Waals surface area contributed by atoms with Crippen molar-refractivity contribution in [1.82, 2.24) is 4.98 Å². The van der Waals surface area contributed by atoms with E-state index in [1.54, 1.807) is 6.20 Å². The SMILES string of the molecule is O=c1cc(Nc2ccccc2)cc[nH]1. The number of para-hydroxylation sites is 1. The van der Waals surface area contributed by atoms with Gasteiger partial charge in [0.25, 0.3) is 0 Å². The zero-order valence-electron chi connectivity index (χ0n) is 7.53. The minimum atomic E-state index is -0.106. The highest BCUT2D eigenvalue weighted by molar-refractivity contribution is 5.58. The summed E-state index contributed by atoms with van der Waals surface area (Å²) >= 11 is 0. The Morgan fingerprint density at radius 3 is 2.50 bits per heavy atom. The first-order chi connectivity index (χ1) is 6.84. The summed E-state index contributed by atoms with van der Waals surface area (Å²) in [6, 6.07) is 13.1. The van der Waals surface area contributed by atoms with Crippen LogP contribution in [0.5, 0.6) is 0 Å². The molecule has 70 valence electrons. The van der Waals surface area contributed by atoms with Crippen molar-refractivity contribution in [3.63, 3.8) is 0 Å². The third-order valence-electron chi connectivity index (χ3n) is 1.84. The van der Waals surface area contributed by atoms with Crippen LogP contribution in [0, 0.1) is 0 Å². The molecule has 2 N–H and O–H groups in total. The summed E-state index contributed by atoms with van der Waals surface area (Å²) in [4.78, 5) is 13.5. The molecular weight excluding hydrogens is 176 g/mol. The molecule has 1 aromatic carbocycles. The first-order valence-electron chi connectivity index (χ1n) is 4.35. The molecule has 3 nitrogen and oxygen atoms in total. The fourth-order valence-electron chi connectivity index (χ4n) is 1.21. The number of aromatic amines is 1. The van der Waals surface area contributed by atoms with Crippen LogP contribution in [-0.4, -0.2) is 4.98 Å². The van der Waals surface area contributed by atoms with E-state index in [9.17, 15) is 4.79 Å². The smallest absolute Gasteiger partial charge is 0.249 e. The van der Waals surface area contributed by atoms with Gasteiger partial charge in [-0.15, -0.1) is 0 Å². The first kappa shape index (κ1) is 8.56. The Morgan fingerprint density at radius 2 is 1.79 bits per heavy atom. The van der Waals surface area contributed by atoms with Crippen LogP contribution < -0.4 is 10.9 Å². The third-order valence-corrected chi connectivity index (χ3v) is 1.84. The molecule has 0 radical (unpaired) electrons. The van der Waals surface area contributed by atoms with Crippen molar-refractivity contribution in [2.75, 3.05) is 5.32 Å². The summed E-state index contributed by atoms with van der Waals surface area (Å²) in [5.74, 6) is 0. The first-order valence-corrected chi connectivity index (χ1v) is 4.35. The van der Waals surface area contributed by atoms with Crippen LogP contribution in [0.3, 0.4) is 0 Å². The van der Waals surface area contributed by atoms with Gasteiger partial charge in [0.15, 0.2) is 0 Å². The molecule has 14 heavy (non-hydrogen) atoms. The maximum absolute atomic E-state index is 11.0. The summed E-state index contributed by atoms with van der Waals surface area (Å²) in [5.41, 5.74) is 1.66. The number of hydrogen-bond donors (Lipinski definition) is 2. The summed E-state index contributed by atoms with van der Waals surface area (Å²) in [6.07, 6.45) is 1.62. The minimum Gasteiger partial charge on any atom is -0.355 e. The van der Waals surface area contributed by atoms with E-state index in [4.69, 9.17) is 0 Å². The maximum atomic E-state index is 11.0. The number of hydrogen-bond acceptors (Lipinski definition) is 2. The molecule has 0 aliphatic rings. The van der Waals surface area contributed by atoms with Gasteiger partial charge in [-0.05, 0) is 18.2 Å². The van der Waals surface area contributed by atoms with Gasteiger partial charge in [-0.1, -0.05) is 18.2 Å². The highest BCUT2D eigenvalue weighted by atomic mass is 16.1. The van der Waals surface area contributed by atoms with Crippen LogP contribution >= 0.6 is 0 Å². The van der Waals surface area contributed by atoms with Gasteiger partial charge in [-0.2, -0.15) is 0 Å². The van der Waals surface area contributed by atoms with E-state index in [2.05, 4.69) is 10.3 Å². The van der Waals surface area contributed by atoms with Gasteiger partial charge in [0.05, 0.1) is 0 Å². The summed E-state index contributed by atoms with van der Waals surface area (Å²) in [7, 11) is 0. The van der Waals surface area contributed by atoms with Crippen molar-refractivity contribution in [3.8, 4) is 0 Å². The number of H-pyrrole nitrogens is 1. The van der Waals surface area contributed by atoms with Crippen molar-refractivity contribution in [3.05, 3.63) is 59.0 Å². The zero-order valence-corrected chi connectivity index (χ0v) is 7.53. The second-order valence-electron chi connectivity index (χ2n) is 2.93. The van der Waals surface area contributed by atoms with Crippen LogP contribution in [-0.2, 0) is 0 Å². The average molecular weight is 186 g/mol. The van der Waals surface area contributed by atoms with E-state index < -0.39 is 0 Å². The molecule has 0 saturated heterocycles. The molecule has 2 aromatic rings. The number of benzene rings is 1. The molecule has 0 aliphatic heterocycles. The van der Waals surface area contributed by atoms with E-state index in [-0.39, 0.29) is 5.56 Å². The number of pyridine rings is 1. The number of rotatable bonds is 2. The maximum Gasteiger partial charge on any atom is 0.249 e. The van der Waals surface area contributed by atoms with Gasteiger partial charge in [-0.3, -0.25) is 4.79 Å². The number of nitrogens with one attached hydrogen (secondary N) is 2. The molecule has 0 bridgehead atoms. The molecule has 0 aliphatic carbocycles. The molecule has 3 heteroatoms. The van der Waals surface area contributed by atoms with E-state index in [1.165, 1.54) is 6.07 Å². The largest absolute Gasteiger partial charge is 0.355 e. The standard InChI is InChI=1S/C11H10N2O/c14-11-8-10(6-7-12-11)13-9-4-2-1-3-5-9/h1-8H,(H2,12,13,14). The molecule has 0 fully saturated rings. The van der Waals surface area contributed by atoms with Crippen molar-refractivity contribution >= 4 is 11.4 Å². The molecule has 0 amide bonds. The van der Waals surface area contributed by atoms with Crippen LogP contribution in [0.1, 0.15) is 0 Å². The second kappa shape index (κ2) is 3.79. The number of aromatic nitrogens is 1. The predicted molar refractivity (Wildman–Crippen MR) is 56.8 cm³/mol. The lowest BCUT2D eigenvalue weighted by Crippen LogP contribution is -2.03. The third kappa shape index (κ3) is 2.01. The Kier molecular flexibility index (Phi) is 2.32. The molecule has 2 rings (SSSR count). The van der Waals surface area contributed by atoms with Gasteiger partial charge in [0, 0.05) is 23.6 Å². The quantitative estimate of drug-likeness (QED) is 0.754. The molecule has 0 spiro atoms. The zero-order chi connectivity index (χ0) is 9.80. The second-order valence-corrected chi connectivity index (χ2v) is 2.93. The van der Waals surface area contributed by atoms with Gasteiger partial charge < -0.3 is 10.3 Å². The van der Waals surface area contributed by atoms with Crippen LogP contribution in [0.25, 0.3) is 0 Å². The van der Waals surface area contributed by atoms with Crippen molar-refractivity contribution < 1.29 is 0 Å². The topological polar surface area (TPSA) is 44.9 Å². The Balaban J connectivity index is 2.24. The van der Waals surface area contributed by atoms with E-state index in [0.29, 0.717) is 0 Å². The Labute approximate surface area is 81.4 Å². The van der Waals surface area contributed by atoms with Gasteiger partial charge in [0.1, 0.15) is 0 Å². The van der Waals surface area contributed by atoms with Crippen LogP contribution in [0.4, 0.5) is 11.4 Å². The van der Waals surface area contributed by atoms with Crippen molar-refractivity contribution in [2.45, 2.75) is 0 Å². The summed E-state index contributed by atoms with van der Waals surface area (Å²) in [5, 5.41) is 3.12. The van der Waals surface area contributed by atoms with Gasteiger partial charge >= 0.3 is 0 Å². The minimum absolute atomic E-state index is 0.106. The lowest BCUT2D eigenvalue weighted by Gasteiger charge is -2.04. The lowest BCUT2D eigenvalue weighted by molar-refractivity contribution is 1.24. The van der Waals surface area contributed by atoms with E-state index in [0.717, 1.165) is 11.4 Å². The molecule has 0 saturated carbocycles. The molecule has 0 atom stereocenters. The molecular formula is C11H10N2O. The average Bonchev–Trinajstić information content (AvgIpc) is 2.19. The fourth-order valence-corrected chi connectivity index (χ4v) is 1.21. The van der Waals surface area contributed by atoms with E-state index in [1.807, 2.05) is 36.4 Å².